The third-order valence-electron chi connectivity index (χ3n) is 4.82. The maximum atomic E-state index is 11.9. The number of pyridine rings is 1. The van der Waals surface area contributed by atoms with Gasteiger partial charge in [-0.05, 0) is 42.8 Å². The topological polar surface area (TPSA) is 83.6 Å². The van der Waals surface area contributed by atoms with E-state index in [4.69, 9.17) is 4.74 Å². The second-order valence-electron chi connectivity index (χ2n) is 7.34. The van der Waals surface area contributed by atoms with E-state index in [0.717, 1.165) is 36.5 Å². The number of ether oxygens (including phenoxy) is 1. The largest absolute Gasteiger partial charge is 0.376 e. The van der Waals surface area contributed by atoms with Crippen molar-refractivity contribution in [3.8, 4) is 11.3 Å². The van der Waals surface area contributed by atoms with Crippen molar-refractivity contribution in [3.63, 3.8) is 0 Å². The summed E-state index contributed by atoms with van der Waals surface area (Å²) in [5, 5.41) is 5.63. The highest BCUT2D eigenvalue weighted by atomic mass is 16.5. The zero-order valence-electron chi connectivity index (χ0n) is 17.5. The Hall–Kier alpha value is -3.03. The van der Waals surface area contributed by atoms with Gasteiger partial charge in [0.05, 0.1) is 18.4 Å². The molecular weight excluding hydrogens is 380 g/mol. The van der Waals surface area contributed by atoms with Crippen molar-refractivity contribution in [2.75, 3.05) is 30.3 Å². The highest BCUT2D eigenvalue weighted by Gasteiger charge is 2.18. The van der Waals surface area contributed by atoms with Crippen LogP contribution in [-0.2, 0) is 20.9 Å². The molecule has 30 heavy (non-hydrogen) atoms. The van der Waals surface area contributed by atoms with Crippen LogP contribution < -0.4 is 10.6 Å². The number of aromatic nitrogens is 1. The number of hydrogen-bond acceptors (Lipinski definition) is 5. The SMILES string of the molecule is C=CC(=O)Nc1cccc(-c2cc(CN3CCOC(C)C3)cc(NC(=O)CC)n2)c1. The van der Waals surface area contributed by atoms with E-state index in [1.807, 2.05) is 36.4 Å². The van der Waals surface area contributed by atoms with Gasteiger partial charge in [-0.2, -0.15) is 0 Å². The number of nitrogens with zero attached hydrogens (tertiary/aromatic N) is 2. The second kappa shape index (κ2) is 10.1. The molecule has 0 aliphatic carbocycles. The third-order valence-corrected chi connectivity index (χ3v) is 4.82. The summed E-state index contributed by atoms with van der Waals surface area (Å²) >= 11 is 0. The molecule has 0 saturated carbocycles. The minimum Gasteiger partial charge on any atom is -0.376 e. The first-order chi connectivity index (χ1) is 14.5. The summed E-state index contributed by atoms with van der Waals surface area (Å²) in [6.45, 7) is 10.5. The van der Waals surface area contributed by atoms with Crippen LogP contribution in [0.4, 0.5) is 11.5 Å². The standard InChI is InChI=1S/C23H28N4O3/c1-4-22(28)24-19-8-6-7-18(13-19)20-11-17(12-21(25-20)26-23(29)5-2)15-27-9-10-30-16(3)14-27/h4,6-8,11-13,16H,1,5,9-10,14-15H2,2-3H3,(H,24,28)(H,25,26,29). The monoisotopic (exact) mass is 408 g/mol. The molecule has 2 amide bonds. The Morgan fingerprint density at radius 2 is 2.13 bits per heavy atom. The van der Waals surface area contributed by atoms with Gasteiger partial charge >= 0.3 is 0 Å². The van der Waals surface area contributed by atoms with Crippen molar-refractivity contribution in [2.45, 2.75) is 32.9 Å². The minimum atomic E-state index is -0.272. The summed E-state index contributed by atoms with van der Waals surface area (Å²) in [5.74, 6) is 0.167. The normalized spacial score (nSPS) is 16.7. The summed E-state index contributed by atoms with van der Waals surface area (Å²) in [7, 11) is 0. The van der Waals surface area contributed by atoms with Crippen LogP contribution in [-0.4, -0.2) is 47.5 Å². The van der Waals surface area contributed by atoms with Crippen LogP contribution in [0, 0.1) is 0 Å². The zero-order valence-corrected chi connectivity index (χ0v) is 17.5. The average molecular weight is 409 g/mol. The molecule has 2 heterocycles. The molecule has 2 N–H and O–H groups in total. The molecule has 1 aromatic heterocycles. The molecule has 0 radical (unpaired) electrons. The van der Waals surface area contributed by atoms with E-state index in [2.05, 4.69) is 34.0 Å². The van der Waals surface area contributed by atoms with Crippen LogP contribution in [0.15, 0.2) is 49.1 Å². The average Bonchev–Trinajstić information content (AvgIpc) is 2.73. The minimum absolute atomic E-state index is 0.0856. The Kier molecular flexibility index (Phi) is 7.32. The molecule has 1 aliphatic heterocycles. The molecule has 0 bridgehead atoms. The Morgan fingerprint density at radius 3 is 2.87 bits per heavy atom. The Labute approximate surface area is 177 Å². The van der Waals surface area contributed by atoms with Gasteiger partial charge in [0.25, 0.3) is 0 Å². The van der Waals surface area contributed by atoms with Crippen molar-refractivity contribution >= 4 is 23.3 Å². The number of benzene rings is 1. The van der Waals surface area contributed by atoms with Gasteiger partial charge in [0.15, 0.2) is 0 Å². The summed E-state index contributed by atoms with van der Waals surface area (Å²) in [6, 6.07) is 11.4. The number of anilines is 2. The maximum absolute atomic E-state index is 11.9. The molecule has 1 aromatic carbocycles. The third kappa shape index (κ3) is 5.98. The van der Waals surface area contributed by atoms with Crippen molar-refractivity contribution in [2.24, 2.45) is 0 Å². The van der Waals surface area contributed by atoms with Gasteiger partial charge in [-0.3, -0.25) is 14.5 Å². The molecule has 3 rings (SSSR count). The summed E-state index contributed by atoms with van der Waals surface area (Å²) in [4.78, 5) is 30.5. The van der Waals surface area contributed by atoms with Crippen LogP contribution in [0.1, 0.15) is 25.8 Å². The number of carbonyl (C=O) groups excluding carboxylic acids is 2. The quantitative estimate of drug-likeness (QED) is 0.686. The maximum Gasteiger partial charge on any atom is 0.247 e. The van der Waals surface area contributed by atoms with Crippen LogP contribution in [0.2, 0.25) is 0 Å². The first-order valence-electron chi connectivity index (χ1n) is 10.2. The van der Waals surface area contributed by atoms with Gasteiger partial charge in [-0.1, -0.05) is 25.6 Å². The number of morpholine rings is 1. The molecule has 7 heteroatoms. The van der Waals surface area contributed by atoms with Crippen molar-refractivity contribution in [3.05, 3.63) is 54.6 Å². The molecule has 1 saturated heterocycles. The fraction of sp³-hybridized carbons (Fsp3) is 0.348. The molecule has 1 atom stereocenters. The lowest BCUT2D eigenvalue weighted by atomic mass is 10.1. The Bertz CT molecular complexity index is 928. The van der Waals surface area contributed by atoms with E-state index in [-0.39, 0.29) is 17.9 Å². The van der Waals surface area contributed by atoms with Crippen molar-refractivity contribution < 1.29 is 14.3 Å². The second-order valence-corrected chi connectivity index (χ2v) is 7.34. The van der Waals surface area contributed by atoms with E-state index in [0.29, 0.717) is 24.5 Å². The first-order valence-corrected chi connectivity index (χ1v) is 10.2. The molecule has 1 unspecified atom stereocenters. The van der Waals surface area contributed by atoms with E-state index >= 15 is 0 Å². The molecule has 1 aliphatic rings. The van der Waals surface area contributed by atoms with Gasteiger partial charge in [-0.15, -0.1) is 0 Å². The zero-order chi connectivity index (χ0) is 21.5. The number of amides is 2. The van der Waals surface area contributed by atoms with Crippen LogP contribution in [0.3, 0.4) is 0 Å². The van der Waals surface area contributed by atoms with Crippen LogP contribution >= 0.6 is 0 Å². The predicted octanol–water partition coefficient (Wildman–Crippen LogP) is 3.44. The van der Waals surface area contributed by atoms with Gasteiger partial charge in [0.1, 0.15) is 5.82 Å². The van der Waals surface area contributed by atoms with Gasteiger partial charge in [0, 0.05) is 37.3 Å². The molecule has 2 aromatic rings. The Balaban J connectivity index is 1.91. The molecule has 7 nitrogen and oxygen atoms in total. The van der Waals surface area contributed by atoms with E-state index < -0.39 is 0 Å². The molecule has 0 spiro atoms. The lowest BCUT2D eigenvalue weighted by molar-refractivity contribution is -0.116. The highest BCUT2D eigenvalue weighted by molar-refractivity contribution is 5.99. The smallest absolute Gasteiger partial charge is 0.247 e. The first kappa shape index (κ1) is 21.7. The van der Waals surface area contributed by atoms with Crippen molar-refractivity contribution in [1.29, 1.82) is 0 Å². The van der Waals surface area contributed by atoms with Gasteiger partial charge in [-0.25, -0.2) is 4.98 Å². The molecular formula is C23H28N4O3. The number of hydrogen-bond donors (Lipinski definition) is 2. The van der Waals surface area contributed by atoms with Gasteiger partial charge in [0.2, 0.25) is 11.8 Å². The number of rotatable bonds is 7. The van der Waals surface area contributed by atoms with Crippen LogP contribution in [0.5, 0.6) is 0 Å². The fourth-order valence-corrected chi connectivity index (χ4v) is 3.36. The van der Waals surface area contributed by atoms with E-state index in [1.165, 1.54) is 6.08 Å². The lowest BCUT2D eigenvalue weighted by Crippen LogP contribution is -2.40. The lowest BCUT2D eigenvalue weighted by Gasteiger charge is -2.31. The van der Waals surface area contributed by atoms with Crippen molar-refractivity contribution in [1.82, 2.24) is 9.88 Å². The highest BCUT2D eigenvalue weighted by Crippen LogP contribution is 2.25. The number of nitrogens with one attached hydrogen (secondary N) is 2. The van der Waals surface area contributed by atoms with Crippen LogP contribution in [0.25, 0.3) is 11.3 Å². The number of carbonyl (C=O) groups is 2. The summed E-state index contributed by atoms with van der Waals surface area (Å²) in [5.41, 5.74) is 3.29. The molecule has 1 fully saturated rings. The van der Waals surface area contributed by atoms with E-state index in [1.54, 1.807) is 6.92 Å². The van der Waals surface area contributed by atoms with E-state index in [9.17, 15) is 9.59 Å². The predicted molar refractivity (Wildman–Crippen MR) is 118 cm³/mol. The fourth-order valence-electron chi connectivity index (χ4n) is 3.36. The van der Waals surface area contributed by atoms with Gasteiger partial charge < -0.3 is 15.4 Å². The summed E-state index contributed by atoms with van der Waals surface area (Å²) in [6.07, 6.45) is 1.81. The Morgan fingerprint density at radius 1 is 1.30 bits per heavy atom. The molecule has 158 valence electrons. The summed E-state index contributed by atoms with van der Waals surface area (Å²) < 4.78 is 5.63.